The van der Waals surface area contributed by atoms with Crippen LogP contribution in [0.1, 0.15) is 310 Å². The average Bonchev–Trinajstić information content (AvgIpc) is 3.47. The van der Waals surface area contributed by atoms with Crippen LogP contribution in [-0.2, 0) is 28.6 Å². The Bertz CT molecular complexity index is 1730. The third-order valence-electron chi connectivity index (χ3n) is 14.4. The fourth-order valence-electron chi connectivity index (χ4n) is 9.36. The summed E-state index contributed by atoms with van der Waals surface area (Å²) >= 11 is 0. The van der Waals surface area contributed by atoms with E-state index >= 15 is 0 Å². The van der Waals surface area contributed by atoms with Crippen molar-refractivity contribution in [2.24, 2.45) is 0 Å². The third-order valence-corrected chi connectivity index (χ3v) is 14.4. The van der Waals surface area contributed by atoms with Crippen molar-refractivity contribution < 1.29 is 28.6 Å². The molecule has 6 heteroatoms. The number of hydrogen-bond acceptors (Lipinski definition) is 6. The van der Waals surface area contributed by atoms with Crippen LogP contribution in [-0.4, -0.2) is 37.2 Å². The molecular formula is C76H126O6. The molecule has 0 saturated heterocycles. The highest BCUT2D eigenvalue weighted by Gasteiger charge is 2.19. The molecule has 0 radical (unpaired) electrons. The highest BCUT2D eigenvalue weighted by molar-refractivity contribution is 5.71. The number of unbranched alkanes of at least 4 members (excludes halogenated alkanes) is 28. The molecule has 0 fully saturated rings. The summed E-state index contributed by atoms with van der Waals surface area (Å²) in [6.07, 6.45) is 97.5. The Hall–Kier alpha value is -4.45. The van der Waals surface area contributed by atoms with E-state index in [1.165, 1.54) is 135 Å². The van der Waals surface area contributed by atoms with Crippen LogP contribution < -0.4 is 0 Å². The molecular weight excluding hydrogens is 1010 g/mol. The first-order valence-corrected chi connectivity index (χ1v) is 34.2. The van der Waals surface area contributed by atoms with E-state index in [2.05, 4.69) is 154 Å². The zero-order valence-electron chi connectivity index (χ0n) is 53.5. The maximum Gasteiger partial charge on any atom is 0.306 e. The van der Waals surface area contributed by atoms with Crippen molar-refractivity contribution >= 4 is 17.9 Å². The topological polar surface area (TPSA) is 78.9 Å². The summed E-state index contributed by atoms with van der Waals surface area (Å²) in [6, 6.07) is 0. The fraction of sp³-hybridized carbons (Fsp3) is 0.671. The molecule has 0 aromatic heterocycles. The van der Waals surface area contributed by atoms with Gasteiger partial charge in [0, 0.05) is 19.3 Å². The molecule has 0 bridgehead atoms. The van der Waals surface area contributed by atoms with Gasteiger partial charge in [0.1, 0.15) is 13.2 Å². The SMILES string of the molecule is CC/C=C\C/C=C\C/C=C\C/C=C\C/C=C\C/C=C\CCCCC(=O)OC(COC(=O)CCCCCCCCC/C=C\C/C=C\C/C=C\C/C=C\C/C=C\CC)COC(=O)CCCCCCCCCCCCCCCCCCCCCC. The zero-order valence-corrected chi connectivity index (χ0v) is 53.5. The Morgan fingerprint density at radius 2 is 0.476 bits per heavy atom. The van der Waals surface area contributed by atoms with Gasteiger partial charge >= 0.3 is 17.9 Å². The molecule has 0 spiro atoms. The molecule has 0 rings (SSSR count). The van der Waals surface area contributed by atoms with Crippen LogP contribution in [0.2, 0.25) is 0 Å². The van der Waals surface area contributed by atoms with Crippen molar-refractivity contribution in [1.82, 2.24) is 0 Å². The molecule has 0 heterocycles. The molecule has 466 valence electrons. The van der Waals surface area contributed by atoms with Crippen LogP contribution >= 0.6 is 0 Å². The van der Waals surface area contributed by atoms with E-state index in [1.54, 1.807) is 0 Å². The molecule has 0 aromatic rings. The minimum absolute atomic E-state index is 0.101. The molecule has 6 nitrogen and oxygen atoms in total. The van der Waals surface area contributed by atoms with E-state index in [9.17, 15) is 14.4 Å². The van der Waals surface area contributed by atoms with E-state index in [0.29, 0.717) is 19.3 Å². The Morgan fingerprint density at radius 3 is 0.768 bits per heavy atom. The summed E-state index contributed by atoms with van der Waals surface area (Å²) in [6.45, 7) is 6.40. The predicted octanol–water partition coefficient (Wildman–Crippen LogP) is 23.7. The van der Waals surface area contributed by atoms with Crippen molar-refractivity contribution in [1.29, 1.82) is 0 Å². The number of carbonyl (C=O) groups is 3. The first-order chi connectivity index (χ1) is 40.5. The van der Waals surface area contributed by atoms with E-state index in [-0.39, 0.29) is 37.5 Å². The highest BCUT2D eigenvalue weighted by Crippen LogP contribution is 2.17. The Morgan fingerprint density at radius 1 is 0.256 bits per heavy atom. The molecule has 0 aliphatic heterocycles. The Balaban J connectivity index is 4.48. The quantitative estimate of drug-likeness (QED) is 0.0261. The van der Waals surface area contributed by atoms with Crippen molar-refractivity contribution in [3.8, 4) is 0 Å². The van der Waals surface area contributed by atoms with Crippen molar-refractivity contribution in [3.05, 3.63) is 134 Å². The summed E-state index contributed by atoms with van der Waals surface area (Å²) in [5.74, 6) is -0.947. The van der Waals surface area contributed by atoms with Crippen LogP contribution in [0.25, 0.3) is 0 Å². The Labute approximate surface area is 506 Å². The maximum atomic E-state index is 12.9. The first kappa shape index (κ1) is 77.5. The number of esters is 3. The number of ether oxygens (including phenoxy) is 3. The maximum absolute atomic E-state index is 12.9. The van der Waals surface area contributed by atoms with Crippen molar-refractivity contribution in [2.45, 2.75) is 316 Å². The average molecular weight is 1140 g/mol. The summed E-state index contributed by atoms with van der Waals surface area (Å²) in [4.78, 5) is 38.5. The third kappa shape index (κ3) is 66.4. The molecule has 0 amide bonds. The number of rotatable bonds is 61. The fourth-order valence-corrected chi connectivity index (χ4v) is 9.36. The van der Waals surface area contributed by atoms with Gasteiger partial charge in [-0.3, -0.25) is 14.4 Å². The van der Waals surface area contributed by atoms with E-state index in [0.717, 1.165) is 128 Å². The minimum atomic E-state index is -0.812. The smallest absolute Gasteiger partial charge is 0.306 e. The second kappa shape index (κ2) is 69.0. The van der Waals surface area contributed by atoms with Crippen LogP contribution in [0.3, 0.4) is 0 Å². The highest BCUT2D eigenvalue weighted by atomic mass is 16.6. The van der Waals surface area contributed by atoms with Crippen molar-refractivity contribution in [2.75, 3.05) is 13.2 Å². The van der Waals surface area contributed by atoms with Gasteiger partial charge in [-0.1, -0.05) is 309 Å². The normalized spacial score (nSPS) is 13.0. The summed E-state index contributed by atoms with van der Waals surface area (Å²) < 4.78 is 16.9. The zero-order chi connectivity index (χ0) is 59.2. The van der Waals surface area contributed by atoms with Crippen LogP contribution in [0, 0.1) is 0 Å². The summed E-state index contributed by atoms with van der Waals surface area (Å²) in [5.41, 5.74) is 0. The van der Waals surface area contributed by atoms with Gasteiger partial charge in [-0.2, -0.15) is 0 Å². The van der Waals surface area contributed by atoms with E-state index in [1.807, 2.05) is 0 Å². The molecule has 1 atom stereocenters. The molecule has 0 aliphatic carbocycles. The lowest BCUT2D eigenvalue weighted by Gasteiger charge is -2.18. The largest absolute Gasteiger partial charge is 0.462 e. The molecule has 82 heavy (non-hydrogen) atoms. The second-order valence-corrected chi connectivity index (χ2v) is 22.3. The van der Waals surface area contributed by atoms with Gasteiger partial charge in [0.15, 0.2) is 6.10 Å². The van der Waals surface area contributed by atoms with Gasteiger partial charge < -0.3 is 14.2 Å². The summed E-state index contributed by atoms with van der Waals surface area (Å²) in [7, 11) is 0. The predicted molar refractivity (Wildman–Crippen MR) is 357 cm³/mol. The van der Waals surface area contributed by atoms with Gasteiger partial charge in [0.2, 0.25) is 0 Å². The number of hydrogen-bond donors (Lipinski definition) is 0. The first-order valence-electron chi connectivity index (χ1n) is 34.2. The van der Waals surface area contributed by atoms with Crippen molar-refractivity contribution in [3.63, 3.8) is 0 Å². The number of allylic oxidation sites excluding steroid dienone is 22. The van der Waals surface area contributed by atoms with Crippen LogP contribution in [0.15, 0.2) is 134 Å². The van der Waals surface area contributed by atoms with E-state index in [4.69, 9.17) is 14.2 Å². The minimum Gasteiger partial charge on any atom is -0.462 e. The van der Waals surface area contributed by atoms with Crippen LogP contribution in [0.4, 0.5) is 0 Å². The monoisotopic (exact) mass is 1130 g/mol. The lowest BCUT2D eigenvalue weighted by molar-refractivity contribution is -0.167. The molecule has 0 aromatic carbocycles. The van der Waals surface area contributed by atoms with E-state index < -0.39 is 6.10 Å². The number of carbonyl (C=O) groups excluding carboxylic acids is 3. The van der Waals surface area contributed by atoms with Gasteiger partial charge in [-0.05, 0) is 116 Å². The van der Waals surface area contributed by atoms with Gasteiger partial charge in [0.25, 0.3) is 0 Å². The van der Waals surface area contributed by atoms with Crippen LogP contribution in [0.5, 0.6) is 0 Å². The lowest BCUT2D eigenvalue weighted by atomic mass is 10.0. The van der Waals surface area contributed by atoms with Gasteiger partial charge in [0.05, 0.1) is 0 Å². The van der Waals surface area contributed by atoms with Gasteiger partial charge in [-0.15, -0.1) is 0 Å². The lowest BCUT2D eigenvalue weighted by Crippen LogP contribution is -2.30. The summed E-state index contributed by atoms with van der Waals surface area (Å²) in [5, 5.41) is 0. The Kier molecular flexibility index (Phi) is 65.3. The molecule has 1 unspecified atom stereocenters. The second-order valence-electron chi connectivity index (χ2n) is 22.3. The standard InChI is InChI=1S/C76H126O6/c1-4-7-10-13-16-19-22-25-28-31-34-37-38-40-42-45-48-51-54-57-60-63-66-69-75(78)81-72-73(71-80-74(77)68-65-62-59-56-53-50-47-44-41-36-33-30-27-24-21-18-15-12-9-6-3)82-76(79)70-67-64-61-58-55-52-49-46-43-39-35-32-29-26-23-20-17-14-11-8-5-2/h7-8,10-11,16-17,19-20,25-26,28-29,34-35,37,39-40,42,46,49,55,58,73H,4-6,9,12-15,18,21-24,27,30-33,36,38,41,43-45,47-48,50-54,56-57,59-72H2,1-3H3/b10-7-,11-8-,19-16-,20-17-,28-25-,29-26-,37-34-,39-35-,42-40-,49-46-,58-55-. The molecule has 0 saturated carbocycles. The van der Waals surface area contributed by atoms with Gasteiger partial charge in [-0.25, -0.2) is 0 Å². The molecule has 0 aliphatic rings. The molecule has 0 N–H and O–H groups in total.